The van der Waals surface area contributed by atoms with Gasteiger partial charge in [-0.05, 0) is 50.5 Å². The molecule has 1 saturated heterocycles. The number of hydrogen-bond acceptors (Lipinski definition) is 6. The number of rotatable bonds is 2. The highest BCUT2D eigenvalue weighted by Gasteiger charge is 2.45. The van der Waals surface area contributed by atoms with E-state index in [-0.39, 0.29) is 0 Å². The second-order valence-corrected chi connectivity index (χ2v) is 8.63. The SMILES string of the molecule is Cc1cn2nc(-c3cc(=N)n4cc(N5CCNC6(CC6)C5)ccc4n3)cc(C)c2n1. The van der Waals surface area contributed by atoms with Crippen molar-refractivity contribution < 1.29 is 0 Å². The summed E-state index contributed by atoms with van der Waals surface area (Å²) in [5, 5.41) is 16.9. The number of imidazole rings is 1. The highest BCUT2D eigenvalue weighted by atomic mass is 15.3. The van der Waals surface area contributed by atoms with Crippen LogP contribution >= 0.6 is 0 Å². The van der Waals surface area contributed by atoms with Gasteiger partial charge in [-0.15, -0.1) is 0 Å². The minimum absolute atomic E-state index is 0.317. The first-order valence-electron chi connectivity index (χ1n) is 10.4. The van der Waals surface area contributed by atoms with Crippen molar-refractivity contribution in [1.82, 2.24) is 29.3 Å². The molecule has 0 unspecified atom stereocenters. The molecule has 5 heterocycles. The van der Waals surface area contributed by atoms with E-state index in [9.17, 15) is 0 Å². The Morgan fingerprint density at radius 1 is 1.07 bits per heavy atom. The van der Waals surface area contributed by atoms with Crippen LogP contribution in [0.15, 0.2) is 36.7 Å². The number of aromatic nitrogens is 5. The van der Waals surface area contributed by atoms with Gasteiger partial charge in [-0.2, -0.15) is 5.10 Å². The van der Waals surface area contributed by atoms with Gasteiger partial charge in [0.05, 0.1) is 23.3 Å². The highest BCUT2D eigenvalue weighted by molar-refractivity contribution is 5.62. The number of piperazine rings is 1. The molecule has 1 spiro atoms. The van der Waals surface area contributed by atoms with Crippen molar-refractivity contribution in [1.29, 1.82) is 5.41 Å². The van der Waals surface area contributed by atoms with Gasteiger partial charge in [0.15, 0.2) is 5.65 Å². The van der Waals surface area contributed by atoms with Crippen LogP contribution in [-0.4, -0.2) is 49.2 Å². The molecule has 2 aliphatic rings. The third-order valence-corrected chi connectivity index (χ3v) is 6.27. The summed E-state index contributed by atoms with van der Waals surface area (Å²) in [5.41, 5.74) is 6.88. The fraction of sp³-hybridized carbons (Fsp3) is 0.364. The largest absolute Gasteiger partial charge is 0.367 e. The molecule has 4 aromatic rings. The summed E-state index contributed by atoms with van der Waals surface area (Å²) in [6, 6.07) is 7.90. The predicted octanol–water partition coefficient (Wildman–Crippen LogP) is 2.08. The van der Waals surface area contributed by atoms with Gasteiger partial charge in [-0.25, -0.2) is 14.5 Å². The minimum atomic E-state index is 0.317. The number of hydrogen-bond donors (Lipinski definition) is 2. The number of anilines is 1. The average Bonchev–Trinajstić information content (AvgIpc) is 3.35. The lowest BCUT2D eigenvalue weighted by Crippen LogP contribution is -2.52. The molecule has 152 valence electrons. The standard InChI is InChI=1S/C22H24N8/c1-14-9-18(27-30-11-15(2)25-21(14)30)17-10-19(23)29-12-16(3-4-20(29)26-17)28-8-7-24-22(13-28)5-6-22/h3-4,9-12,23-24H,5-8,13H2,1-2H3. The zero-order chi connectivity index (χ0) is 20.5. The van der Waals surface area contributed by atoms with E-state index in [1.165, 1.54) is 12.8 Å². The molecule has 4 aromatic heterocycles. The molecule has 1 saturated carbocycles. The molecule has 1 aliphatic heterocycles. The maximum atomic E-state index is 8.62. The Morgan fingerprint density at radius 3 is 2.77 bits per heavy atom. The van der Waals surface area contributed by atoms with Gasteiger partial charge in [0.1, 0.15) is 16.8 Å². The van der Waals surface area contributed by atoms with Crippen molar-refractivity contribution in [2.75, 3.05) is 24.5 Å². The van der Waals surface area contributed by atoms with Crippen LogP contribution in [0.3, 0.4) is 0 Å². The molecular formula is C22H24N8. The summed E-state index contributed by atoms with van der Waals surface area (Å²) < 4.78 is 3.65. The van der Waals surface area contributed by atoms with Crippen LogP contribution < -0.4 is 15.7 Å². The summed E-state index contributed by atoms with van der Waals surface area (Å²) >= 11 is 0. The zero-order valence-corrected chi connectivity index (χ0v) is 17.2. The third-order valence-electron chi connectivity index (χ3n) is 6.27. The van der Waals surface area contributed by atoms with Crippen LogP contribution in [-0.2, 0) is 0 Å². The van der Waals surface area contributed by atoms with Gasteiger partial charge < -0.3 is 10.2 Å². The Morgan fingerprint density at radius 2 is 1.93 bits per heavy atom. The van der Waals surface area contributed by atoms with Gasteiger partial charge in [0.2, 0.25) is 0 Å². The van der Waals surface area contributed by atoms with Crippen molar-refractivity contribution >= 4 is 17.0 Å². The van der Waals surface area contributed by atoms with Gasteiger partial charge in [0.25, 0.3) is 0 Å². The maximum Gasteiger partial charge on any atom is 0.156 e. The van der Waals surface area contributed by atoms with Crippen molar-refractivity contribution in [3.8, 4) is 11.4 Å². The lowest BCUT2D eigenvalue weighted by molar-refractivity contribution is 0.442. The van der Waals surface area contributed by atoms with Crippen LogP contribution in [0.2, 0.25) is 0 Å². The lowest BCUT2D eigenvalue weighted by Gasteiger charge is -2.35. The molecular weight excluding hydrogens is 376 g/mol. The first-order valence-corrected chi connectivity index (χ1v) is 10.4. The van der Waals surface area contributed by atoms with Crippen molar-refractivity contribution in [2.24, 2.45) is 0 Å². The van der Waals surface area contributed by atoms with E-state index in [0.717, 1.165) is 53.6 Å². The van der Waals surface area contributed by atoms with E-state index < -0.39 is 0 Å². The number of nitrogens with zero attached hydrogens (tertiary/aromatic N) is 6. The fourth-order valence-electron chi connectivity index (χ4n) is 4.47. The molecule has 2 fully saturated rings. The topological polar surface area (TPSA) is 86.6 Å². The number of pyridine rings is 1. The Labute approximate surface area is 173 Å². The Balaban J connectivity index is 1.41. The molecule has 0 radical (unpaired) electrons. The molecule has 0 amide bonds. The van der Waals surface area contributed by atoms with E-state index in [1.807, 2.05) is 42.8 Å². The summed E-state index contributed by atoms with van der Waals surface area (Å²) in [4.78, 5) is 11.7. The zero-order valence-electron chi connectivity index (χ0n) is 17.2. The normalized spacial score (nSPS) is 17.9. The Kier molecular flexibility index (Phi) is 3.59. The van der Waals surface area contributed by atoms with Gasteiger partial charge in [0, 0.05) is 37.4 Å². The molecule has 8 heteroatoms. The molecule has 8 nitrogen and oxygen atoms in total. The number of fused-ring (bicyclic) bond motifs is 2. The smallest absolute Gasteiger partial charge is 0.156 e. The minimum Gasteiger partial charge on any atom is -0.367 e. The Bertz CT molecular complexity index is 1360. The quantitative estimate of drug-likeness (QED) is 0.538. The molecule has 0 bridgehead atoms. The van der Waals surface area contributed by atoms with E-state index in [2.05, 4.69) is 26.4 Å². The molecule has 0 aromatic carbocycles. The fourth-order valence-corrected chi connectivity index (χ4v) is 4.47. The molecule has 6 rings (SSSR count). The second kappa shape index (κ2) is 6.12. The van der Waals surface area contributed by atoms with Gasteiger partial charge >= 0.3 is 0 Å². The van der Waals surface area contributed by atoms with Gasteiger partial charge in [-0.3, -0.25) is 9.81 Å². The predicted molar refractivity (Wildman–Crippen MR) is 115 cm³/mol. The number of nitrogens with one attached hydrogen (secondary N) is 2. The van der Waals surface area contributed by atoms with E-state index >= 15 is 0 Å². The van der Waals surface area contributed by atoms with Crippen LogP contribution in [0.25, 0.3) is 22.7 Å². The van der Waals surface area contributed by atoms with Crippen LogP contribution in [0.1, 0.15) is 24.1 Å². The molecule has 30 heavy (non-hydrogen) atoms. The maximum absolute atomic E-state index is 8.62. The molecule has 0 atom stereocenters. The first kappa shape index (κ1) is 17.6. The summed E-state index contributed by atoms with van der Waals surface area (Å²) in [6.07, 6.45) is 6.46. The van der Waals surface area contributed by atoms with Crippen LogP contribution in [0.4, 0.5) is 5.69 Å². The lowest BCUT2D eigenvalue weighted by atomic mass is 10.1. The summed E-state index contributed by atoms with van der Waals surface area (Å²) in [5.74, 6) is 0. The second-order valence-electron chi connectivity index (χ2n) is 8.63. The van der Waals surface area contributed by atoms with Crippen molar-refractivity contribution in [2.45, 2.75) is 32.2 Å². The van der Waals surface area contributed by atoms with Crippen molar-refractivity contribution in [3.05, 3.63) is 53.4 Å². The first-order chi connectivity index (χ1) is 14.5. The number of aryl methyl sites for hydroxylation is 2. The third kappa shape index (κ3) is 2.79. The summed E-state index contributed by atoms with van der Waals surface area (Å²) in [7, 11) is 0. The Hall–Kier alpha value is -3.26. The van der Waals surface area contributed by atoms with E-state index in [0.29, 0.717) is 16.7 Å². The van der Waals surface area contributed by atoms with Crippen LogP contribution in [0, 0.1) is 19.3 Å². The van der Waals surface area contributed by atoms with E-state index in [4.69, 9.17) is 10.4 Å². The van der Waals surface area contributed by atoms with Crippen LogP contribution in [0.5, 0.6) is 0 Å². The highest BCUT2D eigenvalue weighted by Crippen LogP contribution is 2.38. The molecule has 1 aliphatic carbocycles. The molecule has 2 N–H and O–H groups in total. The van der Waals surface area contributed by atoms with E-state index in [1.54, 1.807) is 10.6 Å². The average molecular weight is 400 g/mol. The van der Waals surface area contributed by atoms with Crippen molar-refractivity contribution in [3.63, 3.8) is 0 Å². The van der Waals surface area contributed by atoms with Gasteiger partial charge in [-0.1, -0.05) is 0 Å². The monoisotopic (exact) mass is 400 g/mol. The summed E-state index contributed by atoms with van der Waals surface area (Å²) in [6.45, 7) is 7.01.